The van der Waals surface area contributed by atoms with Crippen molar-refractivity contribution in [3.8, 4) is 17.2 Å². The van der Waals surface area contributed by atoms with E-state index in [2.05, 4.69) is 20.7 Å². The van der Waals surface area contributed by atoms with Crippen molar-refractivity contribution in [1.29, 1.82) is 0 Å². The molecule has 0 aliphatic rings. The largest absolute Gasteiger partial charge is 0.508 e. The third kappa shape index (κ3) is 3.26. The molecule has 0 aliphatic carbocycles. The second-order valence-corrected chi connectivity index (χ2v) is 4.59. The van der Waals surface area contributed by atoms with Gasteiger partial charge in [0.25, 0.3) is 0 Å². The Hall–Kier alpha value is -2.01. The van der Waals surface area contributed by atoms with Crippen LogP contribution in [0.4, 0.5) is 0 Å². The number of carbonyl (C=O) groups is 1. The number of phenolic OH excluding ortho intramolecular Hbond substituents is 1. The number of carbonyl (C=O) groups excluding carboxylic acids is 1. The Morgan fingerprint density at radius 1 is 1.21 bits per heavy atom. The SMILES string of the molecule is COC(=O)c1ccc(Oc2cccc(O)c2)c(Br)c1. The van der Waals surface area contributed by atoms with E-state index >= 15 is 0 Å². The highest BCUT2D eigenvalue weighted by Gasteiger charge is 2.09. The summed E-state index contributed by atoms with van der Waals surface area (Å²) in [5, 5.41) is 9.36. The number of halogens is 1. The van der Waals surface area contributed by atoms with Gasteiger partial charge in [-0.25, -0.2) is 4.79 Å². The third-order valence-corrected chi connectivity index (χ3v) is 3.02. The van der Waals surface area contributed by atoms with Crippen LogP contribution in [0.2, 0.25) is 0 Å². The Balaban J connectivity index is 2.24. The number of esters is 1. The maximum atomic E-state index is 11.4. The van der Waals surface area contributed by atoms with Gasteiger partial charge in [-0.2, -0.15) is 0 Å². The van der Waals surface area contributed by atoms with Crippen LogP contribution >= 0.6 is 15.9 Å². The zero-order valence-corrected chi connectivity index (χ0v) is 11.7. The van der Waals surface area contributed by atoms with Gasteiger partial charge in [-0.1, -0.05) is 6.07 Å². The van der Waals surface area contributed by atoms with E-state index in [-0.39, 0.29) is 5.75 Å². The van der Waals surface area contributed by atoms with Crippen molar-refractivity contribution < 1.29 is 19.4 Å². The molecule has 0 atom stereocenters. The van der Waals surface area contributed by atoms with E-state index in [0.717, 1.165) is 0 Å². The quantitative estimate of drug-likeness (QED) is 0.875. The number of hydrogen-bond donors (Lipinski definition) is 1. The topological polar surface area (TPSA) is 55.8 Å². The first kappa shape index (κ1) is 13.4. The van der Waals surface area contributed by atoms with Crippen LogP contribution in [-0.2, 0) is 4.74 Å². The van der Waals surface area contributed by atoms with Crippen LogP contribution in [-0.4, -0.2) is 18.2 Å². The minimum Gasteiger partial charge on any atom is -0.508 e. The van der Waals surface area contributed by atoms with Gasteiger partial charge >= 0.3 is 5.97 Å². The zero-order chi connectivity index (χ0) is 13.8. The van der Waals surface area contributed by atoms with Crippen LogP contribution in [0.25, 0.3) is 0 Å². The molecule has 0 radical (unpaired) electrons. The first-order valence-corrected chi connectivity index (χ1v) is 6.24. The molecule has 0 saturated carbocycles. The van der Waals surface area contributed by atoms with E-state index < -0.39 is 5.97 Å². The highest BCUT2D eigenvalue weighted by molar-refractivity contribution is 9.10. The fourth-order valence-corrected chi connectivity index (χ4v) is 1.96. The van der Waals surface area contributed by atoms with Crippen molar-refractivity contribution in [2.75, 3.05) is 7.11 Å². The van der Waals surface area contributed by atoms with Gasteiger partial charge in [0.15, 0.2) is 0 Å². The molecule has 0 saturated heterocycles. The summed E-state index contributed by atoms with van der Waals surface area (Å²) in [6.45, 7) is 0. The molecule has 19 heavy (non-hydrogen) atoms. The van der Waals surface area contributed by atoms with Gasteiger partial charge in [0.1, 0.15) is 17.2 Å². The monoisotopic (exact) mass is 322 g/mol. The number of rotatable bonds is 3. The molecule has 5 heteroatoms. The fourth-order valence-electron chi connectivity index (χ4n) is 1.50. The summed E-state index contributed by atoms with van der Waals surface area (Å²) in [6, 6.07) is 11.3. The minimum absolute atomic E-state index is 0.125. The lowest BCUT2D eigenvalue weighted by atomic mass is 10.2. The van der Waals surface area contributed by atoms with Gasteiger partial charge in [-0.15, -0.1) is 0 Å². The van der Waals surface area contributed by atoms with Crippen molar-refractivity contribution in [2.24, 2.45) is 0 Å². The lowest BCUT2D eigenvalue weighted by Crippen LogP contribution is -2.01. The molecule has 0 heterocycles. The predicted octanol–water partition coefficient (Wildman–Crippen LogP) is 3.73. The maximum absolute atomic E-state index is 11.4. The van der Waals surface area contributed by atoms with Gasteiger partial charge in [-0.3, -0.25) is 0 Å². The number of benzene rings is 2. The van der Waals surface area contributed by atoms with Crippen molar-refractivity contribution in [3.05, 3.63) is 52.5 Å². The van der Waals surface area contributed by atoms with Gasteiger partial charge < -0.3 is 14.6 Å². The number of methoxy groups -OCH3 is 1. The Morgan fingerprint density at radius 3 is 2.63 bits per heavy atom. The normalized spacial score (nSPS) is 10.0. The van der Waals surface area contributed by atoms with Crippen molar-refractivity contribution in [1.82, 2.24) is 0 Å². The van der Waals surface area contributed by atoms with E-state index in [1.807, 2.05) is 0 Å². The van der Waals surface area contributed by atoms with Gasteiger partial charge in [0, 0.05) is 6.07 Å². The molecule has 2 aromatic rings. The van der Waals surface area contributed by atoms with Crippen molar-refractivity contribution in [3.63, 3.8) is 0 Å². The molecule has 1 N–H and O–H groups in total. The summed E-state index contributed by atoms with van der Waals surface area (Å²) in [4.78, 5) is 11.4. The summed E-state index contributed by atoms with van der Waals surface area (Å²) in [6.07, 6.45) is 0. The van der Waals surface area contributed by atoms with E-state index in [0.29, 0.717) is 21.5 Å². The first-order chi connectivity index (χ1) is 9.10. The van der Waals surface area contributed by atoms with Gasteiger partial charge in [0.05, 0.1) is 17.1 Å². The van der Waals surface area contributed by atoms with E-state index in [1.165, 1.54) is 13.2 Å². The minimum atomic E-state index is -0.412. The van der Waals surface area contributed by atoms with Crippen molar-refractivity contribution >= 4 is 21.9 Å². The van der Waals surface area contributed by atoms with Crippen LogP contribution in [0.5, 0.6) is 17.2 Å². The third-order valence-electron chi connectivity index (χ3n) is 2.40. The summed E-state index contributed by atoms with van der Waals surface area (Å²) in [7, 11) is 1.33. The van der Waals surface area contributed by atoms with E-state index in [9.17, 15) is 9.90 Å². The van der Waals surface area contributed by atoms with Crippen molar-refractivity contribution in [2.45, 2.75) is 0 Å². The fraction of sp³-hybridized carbons (Fsp3) is 0.0714. The van der Waals surface area contributed by atoms with Crippen LogP contribution in [0.3, 0.4) is 0 Å². The molecule has 0 bridgehead atoms. The molecule has 0 unspecified atom stereocenters. The Labute approximate surface area is 118 Å². The average Bonchev–Trinajstić information content (AvgIpc) is 2.40. The van der Waals surface area contributed by atoms with Crippen LogP contribution in [0, 0.1) is 0 Å². The lowest BCUT2D eigenvalue weighted by Gasteiger charge is -2.09. The summed E-state index contributed by atoms with van der Waals surface area (Å²) in [5.41, 5.74) is 0.428. The van der Waals surface area contributed by atoms with Crippen LogP contribution < -0.4 is 4.74 Å². The molecule has 0 aliphatic heterocycles. The summed E-state index contributed by atoms with van der Waals surface area (Å²) < 4.78 is 10.9. The molecule has 0 spiro atoms. The number of hydrogen-bond acceptors (Lipinski definition) is 4. The highest BCUT2D eigenvalue weighted by Crippen LogP contribution is 2.31. The number of ether oxygens (including phenoxy) is 2. The first-order valence-electron chi connectivity index (χ1n) is 5.45. The van der Waals surface area contributed by atoms with Crippen LogP contribution in [0.1, 0.15) is 10.4 Å². The molecule has 2 aromatic carbocycles. The maximum Gasteiger partial charge on any atom is 0.337 e. The molecule has 0 aromatic heterocycles. The molecular weight excluding hydrogens is 312 g/mol. The summed E-state index contributed by atoms with van der Waals surface area (Å²) >= 11 is 3.33. The Bertz CT molecular complexity index is 610. The highest BCUT2D eigenvalue weighted by atomic mass is 79.9. The predicted molar refractivity (Wildman–Crippen MR) is 73.7 cm³/mol. The number of phenols is 1. The van der Waals surface area contributed by atoms with E-state index in [4.69, 9.17) is 4.74 Å². The molecule has 0 amide bonds. The zero-order valence-electron chi connectivity index (χ0n) is 10.1. The average molecular weight is 323 g/mol. The molecule has 98 valence electrons. The molecule has 0 fully saturated rings. The van der Waals surface area contributed by atoms with Crippen LogP contribution in [0.15, 0.2) is 46.9 Å². The van der Waals surface area contributed by atoms with E-state index in [1.54, 1.807) is 36.4 Å². The summed E-state index contributed by atoms with van der Waals surface area (Å²) in [5.74, 6) is 0.759. The molecule has 2 rings (SSSR count). The Kier molecular flexibility index (Phi) is 4.06. The standard InChI is InChI=1S/C14H11BrO4/c1-18-14(17)9-5-6-13(12(15)7-9)19-11-4-2-3-10(16)8-11/h2-8,16H,1H3. The Morgan fingerprint density at radius 2 is 2.00 bits per heavy atom. The molecule has 4 nitrogen and oxygen atoms in total. The lowest BCUT2D eigenvalue weighted by molar-refractivity contribution is 0.0600. The molecular formula is C14H11BrO4. The van der Waals surface area contributed by atoms with Gasteiger partial charge in [-0.05, 0) is 46.3 Å². The van der Waals surface area contributed by atoms with Gasteiger partial charge in [0.2, 0.25) is 0 Å². The number of aromatic hydroxyl groups is 1. The second kappa shape index (κ2) is 5.75. The second-order valence-electron chi connectivity index (χ2n) is 3.74. The smallest absolute Gasteiger partial charge is 0.337 e.